The van der Waals surface area contributed by atoms with Crippen molar-refractivity contribution >= 4 is 44.2 Å². The van der Waals surface area contributed by atoms with E-state index in [1.165, 1.54) is 4.88 Å². The normalized spacial score (nSPS) is 17.7. The van der Waals surface area contributed by atoms with Crippen molar-refractivity contribution < 1.29 is 14.3 Å². The third-order valence-electron chi connectivity index (χ3n) is 8.16. The van der Waals surface area contributed by atoms with Gasteiger partial charge in [-0.2, -0.15) is 0 Å². The molecule has 0 atom stereocenters. The number of fused-ring (bicyclic) bond motifs is 2. The van der Waals surface area contributed by atoms with E-state index in [9.17, 15) is 4.79 Å². The molecule has 6 rings (SSSR count). The van der Waals surface area contributed by atoms with Crippen LogP contribution in [0.4, 0.5) is 5.82 Å². The minimum Gasteiger partial charge on any atom is -0.378 e. The van der Waals surface area contributed by atoms with Crippen molar-refractivity contribution in [2.75, 3.05) is 64.5 Å². The van der Waals surface area contributed by atoms with Crippen molar-refractivity contribution in [1.82, 2.24) is 24.8 Å². The molecular weight excluding hydrogens is 526 g/mol. The summed E-state index contributed by atoms with van der Waals surface area (Å²) in [5, 5.41) is 1.09. The lowest BCUT2D eigenvalue weighted by atomic mass is 10.0. The van der Waals surface area contributed by atoms with E-state index in [2.05, 4.69) is 37.9 Å². The fourth-order valence-corrected chi connectivity index (χ4v) is 6.85. The second kappa shape index (κ2) is 11.1. The molecule has 3 N–H and O–H groups in total. The van der Waals surface area contributed by atoms with Crippen LogP contribution in [0.1, 0.15) is 24.4 Å². The van der Waals surface area contributed by atoms with Gasteiger partial charge in [-0.05, 0) is 26.0 Å². The fraction of sp³-hybridized carbons (Fsp3) is 0.483. The first-order chi connectivity index (χ1) is 19.3. The van der Waals surface area contributed by atoms with Crippen molar-refractivity contribution in [3.63, 3.8) is 0 Å². The highest BCUT2D eigenvalue weighted by molar-refractivity contribution is 7.19. The van der Waals surface area contributed by atoms with Crippen molar-refractivity contribution in [1.29, 1.82) is 0 Å². The number of benzene rings is 1. The van der Waals surface area contributed by atoms with Crippen molar-refractivity contribution in [3.05, 3.63) is 40.9 Å². The predicted octanol–water partition coefficient (Wildman–Crippen LogP) is 3.20. The summed E-state index contributed by atoms with van der Waals surface area (Å²) >= 11 is 1.78. The Labute approximate surface area is 238 Å². The molecule has 10 nitrogen and oxygen atoms in total. The maximum Gasteiger partial charge on any atom is 0.237 e. The first kappa shape index (κ1) is 27.1. The summed E-state index contributed by atoms with van der Waals surface area (Å²) in [5.74, 6) is 1.41. The minimum atomic E-state index is -0.632. The molecule has 4 aromatic rings. The average molecular weight is 564 g/mol. The van der Waals surface area contributed by atoms with Gasteiger partial charge >= 0.3 is 0 Å². The van der Waals surface area contributed by atoms with E-state index in [0.29, 0.717) is 25.6 Å². The second-order valence-corrected chi connectivity index (χ2v) is 12.2. The van der Waals surface area contributed by atoms with Crippen LogP contribution in [-0.4, -0.2) is 95.8 Å². The molecule has 0 unspecified atom stereocenters. The second-order valence-electron chi connectivity index (χ2n) is 11.0. The number of carbonyl (C=O) groups excluding carboxylic acids is 1. The topological polar surface area (TPSA) is 113 Å². The Kier molecular flexibility index (Phi) is 7.49. The third-order valence-corrected chi connectivity index (χ3v) is 9.26. The van der Waals surface area contributed by atoms with E-state index in [0.717, 1.165) is 84.0 Å². The molecule has 0 bridgehead atoms. The third kappa shape index (κ3) is 5.08. The van der Waals surface area contributed by atoms with Crippen LogP contribution < -0.4 is 10.6 Å². The van der Waals surface area contributed by atoms with Crippen LogP contribution in [-0.2, 0) is 27.4 Å². The largest absolute Gasteiger partial charge is 0.378 e. The number of piperazine rings is 1. The number of amides is 1. The van der Waals surface area contributed by atoms with Crippen LogP contribution in [0.25, 0.3) is 32.5 Å². The number of rotatable bonds is 8. The summed E-state index contributed by atoms with van der Waals surface area (Å²) in [6.07, 6.45) is 0. The number of hydrogen-bond acceptors (Lipinski definition) is 9. The molecule has 2 fully saturated rings. The van der Waals surface area contributed by atoms with Gasteiger partial charge < -0.3 is 25.1 Å². The molecule has 0 aliphatic carbocycles. The molecule has 212 valence electrons. The number of carbonyl (C=O) groups is 1. The Morgan fingerprint density at radius 1 is 1.12 bits per heavy atom. The molecule has 2 aliphatic rings. The van der Waals surface area contributed by atoms with Gasteiger partial charge in [0, 0.05) is 68.7 Å². The van der Waals surface area contributed by atoms with E-state index in [-0.39, 0.29) is 5.91 Å². The van der Waals surface area contributed by atoms with E-state index in [1.54, 1.807) is 18.4 Å². The maximum absolute atomic E-state index is 11.9. The Bertz CT molecular complexity index is 1520. The molecule has 3 aromatic heterocycles. The Hall–Kier alpha value is -3.09. The zero-order chi connectivity index (χ0) is 27.9. The number of primary amides is 1. The summed E-state index contributed by atoms with van der Waals surface area (Å²) in [7, 11) is 1.71. The van der Waals surface area contributed by atoms with Crippen LogP contribution in [0, 0.1) is 0 Å². The summed E-state index contributed by atoms with van der Waals surface area (Å²) in [5.41, 5.74) is 9.01. The number of nitrogens with zero attached hydrogens (tertiary/aromatic N) is 5. The lowest BCUT2D eigenvalue weighted by molar-refractivity contribution is -0.129. The first-order valence-electron chi connectivity index (χ1n) is 13.8. The number of anilines is 1. The predicted molar refractivity (Wildman–Crippen MR) is 159 cm³/mol. The standard InChI is InChI=1S/C29H37N7O3S/c1-29(2,28(30)37)36-10-8-34(9-11-36)17-19-16-22-25(40-19)27(35-12-14-39-15-13-35)33-26(32-22)24-20-6-4-5-7-21(20)31-23(24)18-38-3/h4-7,16,31H,8-15,17-18H2,1-3H3,(H2,30,37). The molecule has 1 aromatic carbocycles. The molecular formula is C29H37N7O3S. The monoisotopic (exact) mass is 563 g/mol. The van der Waals surface area contributed by atoms with Gasteiger partial charge in [-0.15, -0.1) is 11.3 Å². The number of ether oxygens (including phenoxy) is 2. The van der Waals surface area contributed by atoms with Gasteiger partial charge in [0.15, 0.2) is 11.6 Å². The van der Waals surface area contributed by atoms with Gasteiger partial charge in [-0.25, -0.2) is 9.97 Å². The Balaban J connectivity index is 1.35. The highest BCUT2D eigenvalue weighted by atomic mass is 32.1. The summed E-state index contributed by atoms with van der Waals surface area (Å²) < 4.78 is 12.3. The van der Waals surface area contributed by atoms with Gasteiger partial charge in [0.1, 0.15) is 0 Å². The van der Waals surface area contributed by atoms with Crippen LogP contribution in [0.3, 0.4) is 0 Å². The number of morpholine rings is 1. The SMILES string of the molecule is COCc1[nH]c2ccccc2c1-c1nc(N2CCOCC2)c2sc(CN3CCN(C(C)(C)C(N)=O)CC3)cc2n1. The Morgan fingerprint density at radius 2 is 1.88 bits per heavy atom. The smallest absolute Gasteiger partial charge is 0.237 e. The molecule has 0 saturated carbocycles. The van der Waals surface area contributed by atoms with E-state index in [4.69, 9.17) is 25.2 Å². The van der Waals surface area contributed by atoms with Gasteiger partial charge in [-0.1, -0.05) is 18.2 Å². The molecule has 1 amide bonds. The van der Waals surface area contributed by atoms with E-state index < -0.39 is 5.54 Å². The van der Waals surface area contributed by atoms with Crippen LogP contribution in [0.5, 0.6) is 0 Å². The summed E-state index contributed by atoms with van der Waals surface area (Å²) in [4.78, 5) is 34.0. The lowest BCUT2D eigenvalue weighted by Gasteiger charge is -2.42. The van der Waals surface area contributed by atoms with Gasteiger partial charge in [0.05, 0.1) is 46.8 Å². The number of para-hydroxylation sites is 1. The van der Waals surface area contributed by atoms with Crippen LogP contribution in [0.15, 0.2) is 30.3 Å². The van der Waals surface area contributed by atoms with Gasteiger partial charge in [-0.3, -0.25) is 14.6 Å². The quantitative estimate of drug-likeness (QED) is 0.336. The van der Waals surface area contributed by atoms with E-state index >= 15 is 0 Å². The van der Waals surface area contributed by atoms with Gasteiger partial charge in [0.25, 0.3) is 0 Å². The highest BCUT2D eigenvalue weighted by Crippen LogP contribution is 2.38. The van der Waals surface area contributed by atoms with Crippen LogP contribution >= 0.6 is 11.3 Å². The fourth-order valence-electron chi connectivity index (χ4n) is 5.69. The summed E-state index contributed by atoms with van der Waals surface area (Å²) in [6, 6.07) is 10.5. The van der Waals surface area contributed by atoms with Gasteiger partial charge in [0.2, 0.25) is 5.91 Å². The molecule has 2 saturated heterocycles. The molecule has 0 spiro atoms. The summed E-state index contributed by atoms with van der Waals surface area (Å²) in [6.45, 7) is 11.5. The number of hydrogen-bond donors (Lipinski definition) is 2. The van der Waals surface area contributed by atoms with Crippen LogP contribution in [0.2, 0.25) is 0 Å². The molecule has 40 heavy (non-hydrogen) atoms. The number of nitrogens with one attached hydrogen (secondary N) is 1. The lowest BCUT2D eigenvalue weighted by Crippen LogP contribution is -2.59. The molecule has 5 heterocycles. The van der Waals surface area contributed by atoms with E-state index in [1.807, 2.05) is 26.0 Å². The molecule has 0 radical (unpaired) electrons. The number of H-pyrrole nitrogens is 1. The average Bonchev–Trinajstić information content (AvgIpc) is 3.53. The van der Waals surface area contributed by atoms with Crippen molar-refractivity contribution in [2.45, 2.75) is 32.5 Å². The zero-order valence-corrected chi connectivity index (χ0v) is 24.2. The van der Waals surface area contributed by atoms with Crippen molar-refractivity contribution in [2.24, 2.45) is 5.73 Å². The number of aromatic nitrogens is 3. The Morgan fingerprint density at radius 3 is 2.60 bits per heavy atom. The number of nitrogens with two attached hydrogens (primary N) is 1. The minimum absolute atomic E-state index is 0.278. The first-order valence-corrected chi connectivity index (χ1v) is 14.7. The zero-order valence-electron chi connectivity index (χ0n) is 23.4. The molecule has 11 heteroatoms. The highest BCUT2D eigenvalue weighted by Gasteiger charge is 2.34. The number of thiophene rings is 1. The maximum atomic E-state index is 11.9. The van der Waals surface area contributed by atoms with Crippen molar-refractivity contribution in [3.8, 4) is 11.4 Å². The number of methoxy groups -OCH3 is 1. The molecule has 2 aliphatic heterocycles. The number of aromatic amines is 1.